The Labute approximate surface area is 176 Å². The average molecular weight is 410 g/mol. The molecule has 0 spiro atoms. The molecule has 1 amide bonds. The van der Waals surface area contributed by atoms with Gasteiger partial charge in [-0.3, -0.25) is 4.79 Å². The van der Waals surface area contributed by atoms with Gasteiger partial charge in [0, 0.05) is 37.3 Å². The van der Waals surface area contributed by atoms with E-state index in [2.05, 4.69) is 15.0 Å². The molecular weight excluding hydrogens is 381 g/mol. The van der Waals surface area contributed by atoms with E-state index in [9.17, 15) is 9.18 Å². The minimum absolute atomic E-state index is 0.00883. The summed E-state index contributed by atoms with van der Waals surface area (Å²) in [7, 11) is 4.06. The number of likely N-dealkylation sites (tertiary alicyclic amines) is 1. The third-order valence-corrected chi connectivity index (χ3v) is 5.64. The predicted octanol–water partition coefficient (Wildman–Crippen LogP) is 3.53. The van der Waals surface area contributed by atoms with E-state index in [1.807, 2.05) is 42.7 Å². The van der Waals surface area contributed by atoms with Crippen molar-refractivity contribution in [3.8, 4) is 0 Å². The van der Waals surface area contributed by atoms with Gasteiger partial charge in [-0.2, -0.15) is 5.10 Å². The lowest BCUT2D eigenvalue weighted by Gasteiger charge is -2.28. The van der Waals surface area contributed by atoms with Crippen molar-refractivity contribution in [1.82, 2.24) is 24.4 Å². The first-order valence-corrected chi connectivity index (χ1v) is 10.4. The molecule has 3 aromatic rings. The van der Waals surface area contributed by atoms with Crippen LogP contribution in [0.5, 0.6) is 0 Å². The Hall–Kier alpha value is -2.80. The summed E-state index contributed by atoms with van der Waals surface area (Å²) in [5, 5.41) is 4.68. The summed E-state index contributed by atoms with van der Waals surface area (Å²) < 4.78 is 15.1. The number of aromatic nitrogens is 3. The Morgan fingerprint density at radius 2 is 2.03 bits per heavy atom. The molecule has 0 radical (unpaired) electrons. The SMILES string of the molecule is Cc1cc2ncc(CN(C)C)c([C@H]3CCCN3C(=O)CCc3ccc(F)cc3)n2n1. The van der Waals surface area contributed by atoms with Gasteiger partial charge in [-0.05, 0) is 58.0 Å². The van der Waals surface area contributed by atoms with Gasteiger partial charge in [-0.1, -0.05) is 12.1 Å². The zero-order valence-electron chi connectivity index (χ0n) is 17.8. The number of fused-ring (bicyclic) bond motifs is 1. The van der Waals surface area contributed by atoms with Crippen molar-refractivity contribution in [2.45, 2.75) is 45.2 Å². The molecule has 7 heteroatoms. The Morgan fingerprint density at radius 1 is 1.27 bits per heavy atom. The van der Waals surface area contributed by atoms with Crippen LogP contribution in [0.15, 0.2) is 36.5 Å². The Morgan fingerprint density at radius 3 is 2.77 bits per heavy atom. The average Bonchev–Trinajstić information content (AvgIpc) is 3.33. The summed E-state index contributed by atoms with van der Waals surface area (Å²) in [6.07, 6.45) is 4.83. The first-order valence-electron chi connectivity index (χ1n) is 10.4. The van der Waals surface area contributed by atoms with Crippen LogP contribution in [0, 0.1) is 12.7 Å². The molecule has 1 atom stereocenters. The van der Waals surface area contributed by atoms with E-state index >= 15 is 0 Å². The van der Waals surface area contributed by atoms with E-state index in [0.717, 1.165) is 54.1 Å². The molecule has 1 saturated heterocycles. The molecule has 0 bridgehead atoms. The second-order valence-electron chi connectivity index (χ2n) is 8.33. The van der Waals surface area contributed by atoms with Crippen LogP contribution in [0.1, 0.15) is 47.8 Å². The molecule has 6 nitrogen and oxygen atoms in total. The van der Waals surface area contributed by atoms with E-state index in [1.165, 1.54) is 12.1 Å². The van der Waals surface area contributed by atoms with Crippen LogP contribution in [-0.2, 0) is 17.8 Å². The van der Waals surface area contributed by atoms with Crippen LogP contribution >= 0.6 is 0 Å². The quantitative estimate of drug-likeness (QED) is 0.625. The third-order valence-electron chi connectivity index (χ3n) is 5.64. The van der Waals surface area contributed by atoms with Crippen molar-refractivity contribution in [2.24, 2.45) is 0 Å². The molecule has 1 aromatic carbocycles. The first-order chi connectivity index (χ1) is 14.4. The fourth-order valence-corrected chi connectivity index (χ4v) is 4.31. The summed E-state index contributed by atoms with van der Waals surface area (Å²) in [5.41, 5.74) is 4.87. The van der Waals surface area contributed by atoms with Crippen LogP contribution in [-0.4, -0.2) is 50.9 Å². The van der Waals surface area contributed by atoms with Gasteiger partial charge < -0.3 is 9.80 Å². The normalized spacial score (nSPS) is 16.7. The Balaban J connectivity index is 1.61. The Bertz CT molecular complexity index is 1040. The number of amides is 1. The number of carbonyl (C=O) groups excluding carboxylic acids is 1. The molecule has 0 aliphatic carbocycles. The van der Waals surface area contributed by atoms with Crippen molar-refractivity contribution in [3.05, 3.63) is 64.9 Å². The molecule has 1 aliphatic rings. The molecule has 158 valence electrons. The fourth-order valence-electron chi connectivity index (χ4n) is 4.31. The molecule has 1 aliphatic heterocycles. The third kappa shape index (κ3) is 4.21. The highest BCUT2D eigenvalue weighted by atomic mass is 19.1. The second kappa shape index (κ2) is 8.52. The molecule has 4 rings (SSSR count). The summed E-state index contributed by atoms with van der Waals surface area (Å²) in [6, 6.07) is 8.35. The predicted molar refractivity (Wildman–Crippen MR) is 114 cm³/mol. The largest absolute Gasteiger partial charge is 0.334 e. The summed E-state index contributed by atoms with van der Waals surface area (Å²) in [4.78, 5) is 21.8. The van der Waals surface area contributed by atoms with Gasteiger partial charge in [-0.25, -0.2) is 13.9 Å². The molecule has 2 aromatic heterocycles. The van der Waals surface area contributed by atoms with Gasteiger partial charge in [0.25, 0.3) is 0 Å². The van der Waals surface area contributed by atoms with Gasteiger partial charge in [0.05, 0.1) is 17.4 Å². The lowest BCUT2D eigenvalue weighted by atomic mass is 10.0. The molecule has 0 saturated carbocycles. The number of halogens is 1. The van der Waals surface area contributed by atoms with E-state index < -0.39 is 0 Å². The van der Waals surface area contributed by atoms with Gasteiger partial charge in [-0.15, -0.1) is 0 Å². The van der Waals surface area contributed by atoms with Crippen molar-refractivity contribution in [2.75, 3.05) is 20.6 Å². The number of nitrogens with zero attached hydrogens (tertiary/aromatic N) is 5. The molecule has 3 heterocycles. The lowest BCUT2D eigenvalue weighted by Crippen LogP contribution is -2.33. The van der Waals surface area contributed by atoms with E-state index in [-0.39, 0.29) is 17.8 Å². The lowest BCUT2D eigenvalue weighted by molar-refractivity contribution is -0.132. The molecular formula is C23H28FN5O. The summed E-state index contributed by atoms with van der Waals surface area (Å²) in [6.45, 7) is 3.45. The van der Waals surface area contributed by atoms with Crippen LogP contribution in [0.4, 0.5) is 4.39 Å². The highest BCUT2D eigenvalue weighted by Gasteiger charge is 2.33. The number of carbonyl (C=O) groups is 1. The number of rotatable bonds is 6. The second-order valence-corrected chi connectivity index (χ2v) is 8.33. The number of hydrogen-bond acceptors (Lipinski definition) is 4. The van der Waals surface area contributed by atoms with Gasteiger partial charge in [0.2, 0.25) is 5.91 Å². The maximum absolute atomic E-state index is 13.1. The summed E-state index contributed by atoms with van der Waals surface area (Å²) in [5.74, 6) is -0.124. The number of benzene rings is 1. The van der Waals surface area contributed by atoms with E-state index in [4.69, 9.17) is 0 Å². The van der Waals surface area contributed by atoms with Crippen molar-refractivity contribution in [1.29, 1.82) is 0 Å². The highest BCUT2D eigenvalue weighted by molar-refractivity contribution is 5.77. The maximum Gasteiger partial charge on any atom is 0.223 e. The van der Waals surface area contributed by atoms with Crippen LogP contribution in [0.2, 0.25) is 0 Å². The maximum atomic E-state index is 13.1. The van der Waals surface area contributed by atoms with E-state index in [1.54, 1.807) is 12.1 Å². The van der Waals surface area contributed by atoms with Crippen molar-refractivity contribution >= 4 is 11.6 Å². The van der Waals surface area contributed by atoms with Crippen LogP contribution in [0.25, 0.3) is 5.65 Å². The number of hydrogen-bond donors (Lipinski definition) is 0. The van der Waals surface area contributed by atoms with Gasteiger partial charge in [0.15, 0.2) is 5.65 Å². The molecule has 30 heavy (non-hydrogen) atoms. The Kier molecular flexibility index (Phi) is 5.81. The number of aryl methyl sites for hydroxylation is 2. The topological polar surface area (TPSA) is 53.7 Å². The minimum Gasteiger partial charge on any atom is -0.334 e. The summed E-state index contributed by atoms with van der Waals surface area (Å²) >= 11 is 0. The van der Waals surface area contributed by atoms with Gasteiger partial charge in [0.1, 0.15) is 5.82 Å². The van der Waals surface area contributed by atoms with Crippen molar-refractivity contribution in [3.63, 3.8) is 0 Å². The highest BCUT2D eigenvalue weighted by Crippen LogP contribution is 2.35. The molecule has 0 unspecified atom stereocenters. The first kappa shape index (κ1) is 20.5. The fraction of sp³-hybridized carbons (Fsp3) is 0.435. The molecule has 1 fully saturated rings. The van der Waals surface area contributed by atoms with Gasteiger partial charge >= 0.3 is 0 Å². The standard InChI is InChI=1S/C23H28FN5O/c1-16-13-21-25-14-18(15-27(2)3)23(29(21)26-16)20-5-4-12-28(20)22(30)11-8-17-6-9-19(24)10-7-17/h6-7,9-10,13-14,20H,4-5,8,11-12,15H2,1-3H3/t20-/m1/s1. The van der Waals surface area contributed by atoms with E-state index in [0.29, 0.717) is 12.8 Å². The van der Waals surface area contributed by atoms with Crippen molar-refractivity contribution < 1.29 is 9.18 Å². The smallest absolute Gasteiger partial charge is 0.223 e. The molecule has 0 N–H and O–H groups in total. The van der Waals surface area contributed by atoms with Crippen LogP contribution in [0.3, 0.4) is 0 Å². The van der Waals surface area contributed by atoms with Crippen LogP contribution < -0.4 is 0 Å². The minimum atomic E-state index is -0.255. The monoisotopic (exact) mass is 409 g/mol. The zero-order valence-corrected chi connectivity index (χ0v) is 17.8. The zero-order chi connectivity index (χ0) is 21.3.